The van der Waals surface area contributed by atoms with Gasteiger partial charge >= 0.3 is 0 Å². The molecule has 0 aliphatic carbocycles. The number of methoxy groups -OCH3 is 1. The Morgan fingerprint density at radius 2 is 1.94 bits per heavy atom. The van der Waals surface area contributed by atoms with E-state index in [9.17, 15) is 8.78 Å². The molecule has 0 heterocycles. The smallest absolute Gasteiger partial charge is 0.168 e. The molecule has 4 nitrogen and oxygen atoms in total. The van der Waals surface area contributed by atoms with Gasteiger partial charge < -0.3 is 10.1 Å². The number of halogens is 2. The predicted molar refractivity (Wildman–Crippen MR) is 55.8 cm³/mol. The molecule has 0 spiro atoms. The standard InChI is InChI=1S/C11H7F2N3O/c1-17-11-3-10(8(12)2-9(11)13)16-6-7(4-14)5-15/h2-3,6,16H,1H3. The van der Waals surface area contributed by atoms with Crippen LogP contribution in [0.3, 0.4) is 0 Å². The van der Waals surface area contributed by atoms with E-state index in [1.165, 1.54) is 7.11 Å². The third-order valence-electron chi connectivity index (χ3n) is 1.85. The molecule has 0 unspecified atom stereocenters. The highest BCUT2D eigenvalue weighted by Crippen LogP contribution is 2.25. The number of anilines is 1. The number of hydrogen-bond acceptors (Lipinski definition) is 4. The summed E-state index contributed by atoms with van der Waals surface area (Å²) in [6.07, 6.45) is 1.02. The monoisotopic (exact) mass is 235 g/mol. The molecule has 0 aromatic heterocycles. The van der Waals surface area contributed by atoms with E-state index in [0.29, 0.717) is 6.07 Å². The molecule has 86 valence electrons. The van der Waals surface area contributed by atoms with Gasteiger partial charge in [0.05, 0.1) is 12.8 Å². The Labute approximate surface area is 96.3 Å². The summed E-state index contributed by atoms with van der Waals surface area (Å²) in [6, 6.07) is 4.92. The van der Waals surface area contributed by atoms with E-state index < -0.39 is 11.6 Å². The van der Waals surface area contributed by atoms with E-state index in [2.05, 4.69) is 10.1 Å². The largest absolute Gasteiger partial charge is 0.494 e. The first-order chi connectivity index (χ1) is 8.12. The summed E-state index contributed by atoms with van der Waals surface area (Å²) < 4.78 is 31.0. The molecule has 17 heavy (non-hydrogen) atoms. The number of nitrogens with one attached hydrogen (secondary N) is 1. The minimum absolute atomic E-state index is 0.0914. The lowest BCUT2D eigenvalue weighted by molar-refractivity contribution is 0.384. The molecule has 1 aromatic carbocycles. The Morgan fingerprint density at radius 1 is 1.29 bits per heavy atom. The third kappa shape index (κ3) is 2.93. The van der Waals surface area contributed by atoms with E-state index in [-0.39, 0.29) is 17.0 Å². The van der Waals surface area contributed by atoms with Gasteiger partial charge in [-0.25, -0.2) is 8.78 Å². The second-order valence-electron chi connectivity index (χ2n) is 2.89. The summed E-state index contributed by atoms with van der Waals surface area (Å²) in [6.45, 7) is 0. The second-order valence-corrected chi connectivity index (χ2v) is 2.89. The van der Waals surface area contributed by atoms with Crippen LogP contribution < -0.4 is 10.1 Å². The average molecular weight is 235 g/mol. The molecule has 0 saturated heterocycles. The van der Waals surface area contributed by atoms with Crippen LogP contribution >= 0.6 is 0 Å². The van der Waals surface area contributed by atoms with Crippen LogP contribution in [0.15, 0.2) is 23.9 Å². The van der Waals surface area contributed by atoms with Crippen LogP contribution in [-0.4, -0.2) is 7.11 Å². The summed E-state index contributed by atoms with van der Waals surface area (Å²) in [5.41, 5.74) is -0.320. The lowest BCUT2D eigenvalue weighted by Gasteiger charge is -2.06. The zero-order valence-electron chi connectivity index (χ0n) is 8.79. The number of benzene rings is 1. The fourth-order valence-corrected chi connectivity index (χ4v) is 1.04. The SMILES string of the molecule is COc1cc(NC=C(C#N)C#N)c(F)cc1F. The number of allylic oxidation sites excluding steroid dienone is 1. The maximum Gasteiger partial charge on any atom is 0.168 e. The summed E-state index contributed by atoms with van der Waals surface area (Å²) in [5.74, 6) is -1.83. The normalized spacial score (nSPS) is 8.76. The van der Waals surface area contributed by atoms with Crippen molar-refractivity contribution in [2.45, 2.75) is 0 Å². The molecule has 1 aromatic rings. The van der Waals surface area contributed by atoms with E-state index in [4.69, 9.17) is 10.5 Å². The second kappa shape index (κ2) is 5.47. The number of nitrogens with zero attached hydrogens (tertiary/aromatic N) is 2. The zero-order chi connectivity index (χ0) is 12.8. The lowest BCUT2D eigenvalue weighted by atomic mass is 10.2. The van der Waals surface area contributed by atoms with Gasteiger partial charge in [0, 0.05) is 18.3 Å². The minimum atomic E-state index is -0.852. The Morgan fingerprint density at radius 3 is 2.47 bits per heavy atom. The van der Waals surface area contributed by atoms with Crippen LogP contribution in [-0.2, 0) is 0 Å². The van der Waals surface area contributed by atoms with Crippen molar-refractivity contribution in [1.29, 1.82) is 10.5 Å². The molecule has 0 amide bonds. The van der Waals surface area contributed by atoms with E-state index in [1.807, 2.05) is 0 Å². The highest BCUT2D eigenvalue weighted by atomic mass is 19.1. The van der Waals surface area contributed by atoms with Gasteiger partial charge in [-0.1, -0.05) is 0 Å². The number of ether oxygens (including phenoxy) is 1. The van der Waals surface area contributed by atoms with Gasteiger partial charge in [-0.3, -0.25) is 0 Å². The number of rotatable bonds is 3. The van der Waals surface area contributed by atoms with Crippen molar-refractivity contribution in [3.05, 3.63) is 35.5 Å². The van der Waals surface area contributed by atoms with Gasteiger partial charge in [0.1, 0.15) is 23.5 Å². The fraction of sp³-hybridized carbons (Fsp3) is 0.0909. The summed E-state index contributed by atoms with van der Waals surface area (Å²) in [4.78, 5) is 0. The Bertz CT molecular complexity index is 525. The molecule has 0 bridgehead atoms. The van der Waals surface area contributed by atoms with Crippen molar-refractivity contribution in [2.24, 2.45) is 0 Å². The first kappa shape index (κ1) is 12.5. The van der Waals surface area contributed by atoms with Gasteiger partial charge in [0.2, 0.25) is 0 Å². The molecular weight excluding hydrogens is 228 g/mol. The molecule has 0 atom stereocenters. The molecule has 0 fully saturated rings. The molecule has 1 N–H and O–H groups in total. The van der Waals surface area contributed by atoms with Gasteiger partial charge in [0.25, 0.3) is 0 Å². The molecule has 1 rings (SSSR count). The van der Waals surface area contributed by atoms with E-state index in [0.717, 1.165) is 12.3 Å². The van der Waals surface area contributed by atoms with Gasteiger partial charge in [-0.2, -0.15) is 10.5 Å². The maximum absolute atomic E-state index is 13.3. The van der Waals surface area contributed by atoms with Gasteiger partial charge in [-0.15, -0.1) is 0 Å². The topological polar surface area (TPSA) is 68.8 Å². The van der Waals surface area contributed by atoms with Crippen molar-refractivity contribution in [2.75, 3.05) is 12.4 Å². The predicted octanol–water partition coefficient (Wildman–Crippen LogP) is 2.32. The van der Waals surface area contributed by atoms with Crippen LogP contribution in [0.2, 0.25) is 0 Å². The van der Waals surface area contributed by atoms with Crippen molar-refractivity contribution in [3.63, 3.8) is 0 Å². The number of hydrogen-bond donors (Lipinski definition) is 1. The highest BCUT2D eigenvalue weighted by molar-refractivity contribution is 5.54. The summed E-state index contributed by atoms with van der Waals surface area (Å²) in [7, 11) is 1.24. The fourth-order valence-electron chi connectivity index (χ4n) is 1.04. The van der Waals surface area contributed by atoms with E-state index in [1.54, 1.807) is 12.1 Å². The molecule has 0 aliphatic rings. The summed E-state index contributed by atoms with van der Waals surface area (Å²) >= 11 is 0. The van der Waals surface area contributed by atoms with Crippen LogP contribution in [0.4, 0.5) is 14.5 Å². The van der Waals surface area contributed by atoms with Crippen LogP contribution in [0.1, 0.15) is 0 Å². The van der Waals surface area contributed by atoms with Crippen molar-refractivity contribution >= 4 is 5.69 Å². The average Bonchev–Trinajstić information content (AvgIpc) is 2.32. The quantitative estimate of drug-likeness (QED) is 0.816. The van der Waals surface area contributed by atoms with Crippen LogP contribution in [0.25, 0.3) is 0 Å². The number of nitriles is 2. The zero-order valence-corrected chi connectivity index (χ0v) is 8.79. The summed E-state index contributed by atoms with van der Waals surface area (Å²) in [5, 5.41) is 19.3. The Kier molecular flexibility index (Phi) is 4.02. The first-order valence-corrected chi connectivity index (χ1v) is 4.42. The Balaban J connectivity index is 3.05. The van der Waals surface area contributed by atoms with Crippen molar-refractivity contribution in [1.82, 2.24) is 0 Å². The van der Waals surface area contributed by atoms with Crippen LogP contribution in [0, 0.1) is 34.3 Å². The molecule has 0 saturated carbocycles. The third-order valence-corrected chi connectivity index (χ3v) is 1.85. The lowest BCUT2D eigenvalue weighted by Crippen LogP contribution is -1.97. The molecule has 6 heteroatoms. The van der Waals surface area contributed by atoms with Gasteiger partial charge in [0.15, 0.2) is 11.6 Å². The molecule has 0 aliphatic heterocycles. The van der Waals surface area contributed by atoms with Gasteiger partial charge in [-0.05, 0) is 0 Å². The van der Waals surface area contributed by atoms with Crippen LogP contribution in [0.5, 0.6) is 5.75 Å². The Hall–Kier alpha value is -2.60. The highest BCUT2D eigenvalue weighted by Gasteiger charge is 2.09. The molecule has 0 radical (unpaired) electrons. The molecular formula is C11H7F2N3O. The minimum Gasteiger partial charge on any atom is -0.494 e. The van der Waals surface area contributed by atoms with Crippen molar-refractivity contribution in [3.8, 4) is 17.9 Å². The first-order valence-electron chi connectivity index (χ1n) is 4.42. The maximum atomic E-state index is 13.3. The van der Waals surface area contributed by atoms with Crippen molar-refractivity contribution < 1.29 is 13.5 Å². The van der Waals surface area contributed by atoms with E-state index >= 15 is 0 Å².